The highest BCUT2D eigenvalue weighted by Gasteiger charge is 2.16. The predicted octanol–water partition coefficient (Wildman–Crippen LogP) is 3.07. The number of carbonyl (C=O) groups is 1. The van der Waals surface area contributed by atoms with E-state index < -0.39 is 0 Å². The molecule has 19 heavy (non-hydrogen) atoms. The van der Waals surface area contributed by atoms with Gasteiger partial charge >= 0.3 is 5.97 Å². The number of hydrogen-bond donors (Lipinski definition) is 1. The van der Waals surface area contributed by atoms with Gasteiger partial charge < -0.3 is 15.4 Å². The first-order chi connectivity index (χ1) is 9.04. The third-order valence-electron chi connectivity index (χ3n) is 3.33. The van der Waals surface area contributed by atoms with Crippen LogP contribution in [0.2, 0.25) is 0 Å². The van der Waals surface area contributed by atoms with Gasteiger partial charge in [-0.2, -0.15) is 0 Å². The van der Waals surface area contributed by atoms with Crippen LogP contribution in [-0.2, 0) is 4.74 Å². The summed E-state index contributed by atoms with van der Waals surface area (Å²) in [5.41, 5.74) is 7.77. The number of rotatable bonds is 6. The zero-order valence-corrected chi connectivity index (χ0v) is 12.3. The fourth-order valence-electron chi connectivity index (χ4n) is 2.08. The summed E-state index contributed by atoms with van der Waals surface area (Å²) in [5.74, 6) is -0.359. The quantitative estimate of drug-likeness (QED) is 0.633. The first kappa shape index (κ1) is 15.3. The van der Waals surface area contributed by atoms with Gasteiger partial charge in [-0.25, -0.2) is 4.79 Å². The second-order valence-corrected chi connectivity index (χ2v) is 4.54. The van der Waals surface area contributed by atoms with Crippen LogP contribution < -0.4 is 10.6 Å². The molecule has 1 atom stereocenters. The third kappa shape index (κ3) is 3.63. The molecule has 1 aromatic rings. The molecule has 1 rings (SSSR count). The highest BCUT2D eigenvalue weighted by Crippen LogP contribution is 2.24. The van der Waals surface area contributed by atoms with E-state index in [1.165, 1.54) is 0 Å². The lowest BCUT2D eigenvalue weighted by Crippen LogP contribution is -2.32. The van der Waals surface area contributed by atoms with Crippen LogP contribution in [0.15, 0.2) is 18.2 Å². The monoisotopic (exact) mass is 264 g/mol. The molecule has 0 spiro atoms. The summed E-state index contributed by atoms with van der Waals surface area (Å²) in [5, 5.41) is 0. The molecule has 4 nitrogen and oxygen atoms in total. The standard InChI is InChI=1S/C15H24N2O2/c1-5-11(4)17(6-2)12-8-9-14(16)13(10-12)15(18)19-7-3/h8-11H,5-7,16H2,1-4H3. The molecule has 0 aliphatic heterocycles. The van der Waals surface area contributed by atoms with Crippen LogP contribution in [0.25, 0.3) is 0 Å². The van der Waals surface area contributed by atoms with Gasteiger partial charge in [0.2, 0.25) is 0 Å². The predicted molar refractivity (Wildman–Crippen MR) is 79.6 cm³/mol. The van der Waals surface area contributed by atoms with Crippen LogP contribution >= 0.6 is 0 Å². The number of ether oxygens (including phenoxy) is 1. The first-order valence-electron chi connectivity index (χ1n) is 6.88. The van der Waals surface area contributed by atoms with Crippen LogP contribution in [0.3, 0.4) is 0 Å². The second kappa shape index (κ2) is 7.02. The molecule has 0 aromatic heterocycles. The van der Waals surface area contributed by atoms with Crippen molar-refractivity contribution in [3.05, 3.63) is 23.8 Å². The lowest BCUT2D eigenvalue weighted by atomic mass is 10.1. The average Bonchev–Trinajstić information content (AvgIpc) is 2.41. The van der Waals surface area contributed by atoms with E-state index in [9.17, 15) is 4.79 Å². The van der Waals surface area contributed by atoms with E-state index in [4.69, 9.17) is 10.5 Å². The number of anilines is 2. The summed E-state index contributed by atoms with van der Waals surface area (Å²) in [7, 11) is 0. The largest absolute Gasteiger partial charge is 0.462 e. The van der Waals surface area contributed by atoms with E-state index in [-0.39, 0.29) is 5.97 Å². The summed E-state index contributed by atoms with van der Waals surface area (Å²) < 4.78 is 5.03. The maximum absolute atomic E-state index is 11.8. The molecule has 2 N–H and O–H groups in total. The molecule has 0 fully saturated rings. The van der Waals surface area contributed by atoms with Crippen molar-refractivity contribution in [3.63, 3.8) is 0 Å². The van der Waals surface area contributed by atoms with Gasteiger partial charge in [0.25, 0.3) is 0 Å². The maximum atomic E-state index is 11.8. The number of nitrogens with zero attached hydrogens (tertiary/aromatic N) is 1. The van der Waals surface area contributed by atoms with Crippen molar-refractivity contribution in [2.24, 2.45) is 0 Å². The SMILES string of the molecule is CCOC(=O)c1cc(N(CC)C(C)CC)ccc1N. The van der Waals surface area contributed by atoms with Crippen molar-refractivity contribution in [2.75, 3.05) is 23.8 Å². The number of benzene rings is 1. The van der Waals surface area contributed by atoms with Gasteiger partial charge in [-0.05, 0) is 45.4 Å². The summed E-state index contributed by atoms with van der Waals surface area (Å²) in [6.45, 7) is 9.45. The Morgan fingerprint density at radius 1 is 1.37 bits per heavy atom. The Bertz CT molecular complexity index is 432. The van der Waals surface area contributed by atoms with Gasteiger partial charge in [0.05, 0.1) is 12.2 Å². The lowest BCUT2D eigenvalue weighted by Gasteiger charge is -2.30. The number of carbonyl (C=O) groups excluding carboxylic acids is 1. The summed E-state index contributed by atoms with van der Waals surface area (Å²) in [4.78, 5) is 14.1. The first-order valence-corrected chi connectivity index (χ1v) is 6.88. The van der Waals surface area contributed by atoms with Crippen molar-refractivity contribution in [1.82, 2.24) is 0 Å². The van der Waals surface area contributed by atoms with Gasteiger partial charge in [0, 0.05) is 24.0 Å². The minimum absolute atomic E-state index is 0.353. The zero-order chi connectivity index (χ0) is 14.4. The molecule has 0 bridgehead atoms. The second-order valence-electron chi connectivity index (χ2n) is 4.54. The molecule has 0 saturated carbocycles. The van der Waals surface area contributed by atoms with Gasteiger partial charge in [-0.1, -0.05) is 6.92 Å². The Morgan fingerprint density at radius 3 is 2.58 bits per heavy atom. The highest BCUT2D eigenvalue weighted by molar-refractivity contribution is 5.96. The van der Waals surface area contributed by atoms with Gasteiger partial charge in [0.15, 0.2) is 0 Å². The summed E-state index contributed by atoms with van der Waals surface area (Å²) in [6.07, 6.45) is 1.05. The topological polar surface area (TPSA) is 55.6 Å². The maximum Gasteiger partial charge on any atom is 0.340 e. The molecular weight excluding hydrogens is 240 g/mol. The smallest absolute Gasteiger partial charge is 0.340 e. The fourth-order valence-corrected chi connectivity index (χ4v) is 2.08. The van der Waals surface area contributed by atoms with Crippen molar-refractivity contribution < 1.29 is 9.53 Å². The molecule has 0 aliphatic rings. The van der Waals surface area contributed by atoms with Crippen LogP contribution in [0.5, 0.6) is 0 Å². The molecule has 0 amide bonds. The van der Waals surface area contributed by atoms with E-state index in [1.54, 1.807) is 13.0 Å². The number of esters is 1. The molecular formula is C15H24N2O2. The molecule has 1 aromatic carbocycles. The van der Waals surface area contributed by atoms with Gasteiger partial charge in [0.1, 0.15) is 0 Å². The summed E-state index contributed by atoms with van der Waals surface area (Å²) in [6, 6.07) is 5.97. The van der Waals surface area contributed by atoms with E-state index in [1.807, 2.05) is 12.1 Å². The Labute approximate surface area is 115 Å². The van der Waals surface area contributed by atoms with Crippen molar-refractivity contribution >= 4 is 17.3 Å². The van der Waals surface area contributed by atoms with E-state index >= 15 is 0 Å². The van der Waals surface area contributed by atoms with Gasteiger partial charge in [-0.3, -0.25) is 0 Å². The normalized spacial score (nSPS) is 12.0. The molecule has 0 heterocycles. The number of hydrogen-bond acceptors (Lipinski definition) is 4. The molecule has 1 unspecified atom stereocenters. The van der Waals surface area contributed by atoms with E-state index in [0.717, 1.165) is 18.7 Å². The van der Waals surface area contributed by atoms with Crippen molar-refractivity contribution in [2.45, 2.75) is 40.2 Å². The molecule has 0 radical (unpaired) electrons. The van der Waals surface area contributed by atoms with Crippen LogP contribution in [0.1, 0.15) is 44.5 Å². The average molecular weight is 264 g/mol. The fraction of sp³-hybridized carbons (Fsp3) is 0.533. The summed E-state index contributed by atoms with van der Waals surface area (Å²) >= 11 is 0. The third-order valence-corrected chi connectivity index (χ3v) is 3.33. The molecule has 4 heteroatoms. The lowest BCUT2D eigenvalue weighted by molar-refractivity contribution is 0.0527. The molecule has 106 valence electrons. The Balaban J connectivity index is 3.10. The number of nitrogen functional groups attached to an aromatic ring is 1. The Kier molecular flexibility index (Phi) is 5.67. The van der Waals surface area contributed by atoms with E-state index in [2.05, 4.69) is 25.7 Å². The van der Waals surface area contributed by atoms with Gasteiger partial charge in [-0.15, -0.1) is 0 Å². The molecule has 0 aliphatic carbocycles. The highest BCUT2D eigenvalue weighted by atomic mass is 16.5. The number of nitrogens with two attached hydrogens (primary N) is 1. The minimum Gasteiger partial charge on any atom is -0.462 e. The van der Waals surface area contributed by atoms with Crippen LogP contribution in [-0.4, -0.2) is 25.2 Å². The molecule has 0 saturated heterocycles. The zero-order valence-electron chi connectivity index (χ0n) is 12.3. The van der Waals surface area contributed by atoms with Crippen LogP contribution in [0.4, 0.5) is 11.4 Å². The van der Waals surface area contributed by atoms with E-state index in [0.29, 0.717) is 23.9 Å². The Morgan fingerprint density at radius 2 is 2.05 bits per heavy atom. The van der Waals surface area contributed by atoms with Crippen molar-refractivity contribution in [1.29, 1.82) is 0 Å². The van der Waals surface area contributed by atoms with Crippen molar-refractivity contribution in [3.8, 4) is 0 Å². The van der Waals surface area contributed by atoms with Crippen LogP contribution in [0, 0.1) is 0 Å². The minimum atomic E-state index is -0.359. The Hall–Kier alpha value is -1.71.